The molecule has 0 aromatic heterocycles. The van der Waals surface area contributed by atoms with Crippen molar-refractivity contribution in [1.29, 1.82) is 0 Å². The van der Waals surface area contributed by atoms with Gasteiger partial charge in [0, 0.05) is 26.7 Å². The Balaban J connectivity index is 2.17. The average Bonchev–Trinajstić information content (AvgIpc) is 2.34. The smallest absolute Gasteiger partial charge is 0.236 e. The molecular formula is C12H24N2O3. The fourth-order valence-electron chi connectivity index (χ4n) is 2.11. The average molecular weight is 244 g/mol. The van der Waals surface area contributed by atoms with Crippen LogP contribution in [-0.4, -0.2) is 61.9 Å². The standard InChI is InChI=1S/C12H24N2O3/c1-10(15)11-3-6-14(7-4-11)12(16)9-13-5-8-17-2/h10-11,13,15H,3-9H2,1-2H3. The van der Waals surface area contributed by atoms with Gasteiger partial charge in [-0.2, -0.15) is 0 Å². The molecule has 1 unspecified atom stereocenters. The van der Waals surface area contributed by atoms with Crippen LogP contribution in [0.15, 0.2) is 0 Å². The molecule has 1 atom stereocenters. The lowest BCUT2D eigenvalue weighted by Crippen LogP contribution is -2.44. The molecule has 1 amide bonds. The molecule has 1 saturated heterocycles. The highest BCUT2D eigenvalue weighted by molar-refractivity contribution is 5.78. The molecule has 1 heterocycles. The van der Waals surface area contributed by atoms with E-state index in [0.717, 1.165) is 25.9 Å². The van der Waals surface area contributed by atoms with Crippen molar-refractivity contribution in [2.75, 3.05) is 39.9 Å². The number of methoxy groups -OCH3 is 1. The van der Waals surface area contributed by atoms with Crippen LogP contribution in [-0.2, 0) is 9.53 Å². The first-order chi connectivity index (χ1) is 8.15. The van der Waals surface area contributed by atoms with Crippen LogP contribution in [0.1, 0.15) is 19.8 Å². The Bertz CT molecular complexity index is 226. The molecule has 1 rings (SSSR count). The van der Waals surface area contributed by atoms with Crippen molar-refractivity contribution in [2.24, 2.45) is 5.92 Å². The van der Waals surface area contributed by atoms with E-state index in [9.17, 15) is 9.90 Å². The molecule has 0 radical (unpaired) electrons. The predicted molar refractivity (Wildman–Crippen MR) is 65.7 cm³/mol. The number of aliphatic hydroxyl groups excluding tert-OH is 1. The third kappa shape index (κ3) is 5.02. The van der Waals surface area contributed by atoms with E-state index in [-0.39, 0.29) is 12.0 Å². The molecule has 5 heteroatoms. The van der Waals surface area contributed by atoms with Gasteiger partial charge in [0.1, 0.15) is 0 Å². The molecular weight excluding hydrogens is 220 g/mol. The van der Waals surface area contributed by atoms with Gasteiger partial charge in [0.2, 0.25) is 5.91 Å². The third-order valence-electron chi connectivity index (χ3n) is 3.33. The summed E-state index contributed by atoms with van der Waals surface area (Å²) in [5.41, 5.74) is 0. The van der Waals surface area contributed by atoms with Crippen molar-refractivity contribution in [3.8, 4) is 0 Å². The van der Waals surface area contributed by atoms with Gasteiger partial charge in [-0.25, -0.2) is 0 Å². The maximum Gasteiger partial charge on any atom is 0.236 e. The SMILES string of the molecule is COCCNCC(=O)N1CCC(C(C)O)CC1. The summed E-state index contributed by atoms with van der Waals surface area (Å²) in [6.45, 7) is 5.06. The molecule has 5 nitrogen and oxygen atoms in total. The lowest BCUT2D eigenvalue weighted by molar-refractivity contribution is -0.132. The van der Waals surface area contributed by atoms with E-state index in [4.69, 9.17) is 4.74 Å². The Morgan fingerprint density at radius 1 is 1.53 bits per heavy atom. The molecule has 1 aliphatic heterocycles. The summed E-state index contributed by atoms with van der Waals surface area (Å²) in [5.74, 6) is 0.491. The molecule has 17 heavy (non-hydrogen) atoms. The molecule has 0 spiro atoms. The van der Waals surface area contributed by atoms with Crippen molar-refractivity contribution in [3.63, 3.8) is 0 Å². The first kappa shape index (κ1) is 14.4. The second kappa shape index (κ2) is 7.63. The Hall–Kier alpha value is -0.650. The van der Waals surface area contributed by atoms with Gasteiger partial charge in [-0.15, -0.1) is 0 Å². The maximum absolute atomic E-state index is 11.8. The highest BCUT2D eigenvalue weighted by atomic mass is 16.5. The summed E-state index contributed by atoms with van der Waals surface area (Å²) >= 11 is 0. The Labute approximate surface area is 103 Å². The zero-order chi connectivity index (χ0) is 12.7. The highest BCUT2D eigenvalue weighted by Gasteiger charge is 2.24. The molecule has 0 aliphatic carbocycles. The first-order valence-corrected chi connectivity index (χ1v) is 6.30. The largest absolute Gasteiger partial charge is 0.393 e. The van der Waals surface area contributed by atoms with Crippen LogP contribution in [0.3, 0.4) is 0 Å². The molecule has 0 bridgehead atoms. The summed E-state index contributed by atoms with van der Waals surface area (Å²) in [6.07, 6.45) is 1.55. The van der Waals surface area contributed by atoms with E-state index >= 15 is 0 Å². The second-order valence-electron chi connectivity index (χ2n) is 4.63. The number of rotatable bonds is 6. The Morgan fingerprint density at radius 3 is 2.71 bits per heavy atom. The van der Waals surface area contributed by atoms with Crippen LogP contribution >= 0.6 is 0 Å². The lowest BCUT2D eigenvalue weighted by atomic mass is 9.92. The molecule has 100 valence electrons. The topological polar surface area (TPSA) is 61.8 Å². The number of hydrogen-bond donors (Lipinski definition) is 2. The third-order valence-corrected chi connectivity index (χ3v) is 3.33. The van der Waals surface area contributed by atoms with Gasteiger partial charge < -0.3 is 20.1 Å². The number of piperidine rings is 1. The Kier molecular flexibility index (Phi) is 6.47. The number of nitrogens with zero attached hydrogens (tertiary/aromatic N) is 1. The summed E-state index contributed by atoms with van der Waals surface area (Å²) in [7, 11) is 1.64. The van der Waals surface area contributed by atoms with Crippen molar-refractivity contribution in [2.45, 2.75) is 25.9 Å². The molecule has 1 aliphatic rings. The quantitative estimate of drug-likeness (QED) is 0.638. The van der Waals surface area contributed by atoms with Gasteiger partial charge >= 0.3 is 0 Å². The van der Waals surface area contributed by atoms with Gasteiger partial charge in [-0.1, -0.05) is 0 Å². The number of carbonyl (C=O) groups is 1. The van der Waals surface area contributed by atoms with Gasteiger partial charge in [0.25, 0.3) is 0 Å². The number of nitrogens with one attached hydrogen (secondary N) is 1. The summed E-state index contributed by atoms with van der Waals surface area (Å²) in [6, 6.07) is 0. The van der Waals surface area contributed by atoms with Crippen molar-refractivity contribution < 1.29 is 14.6 Å². The van der Waals surface area contributed by atoms with E-state index < -0.39 is 0 Å². The van der Waals surface area contributed by atoms with Crippen molar-refractivity contribution in [1.82, 2.24) is 10.2 Å². The Morgan fingerprint density at radius 2 is 2.18 bits per heavy atom. The fraction of sp³-hybridized carbons (Fsp3) is 0.917. The van der Waals surface area contributed by atoms with E-state index in [1.54, 1.807) is 7.11 Å². The molecule has 0 saturated carbocycles. The van der Waals surface area contributed by atoms with E-state index in [2.05, 4.69) is 5.32 Å². The number of amides is 1. The number of likely N-dealkylation sites (tertiary alicyclic amines) is 1. The lowest BCUT2D eigenvalue weighted by Gasteiger charge is -2.33. The zero-order valence-electron chi connectivity index (χ0n) is 10.8. The molecule has 0 aromatic carbocycles. The highest BCUT2D eigenvalue weighted by Crippen LogP contribution is 2.20. The number of carbonyl (C=O) groups excluding carboxylic acids is 1. The van der Waals surface area contributed by atoms with Gasteiger partial charge in [-0.3, -0.25) is 4.79 Å². The van der Waals surface area contributed by atoms with E-state index in [1.165, 1.54) is 0 Å². The summed E-state index contributed by atoms with van der Waals surface area (Å²) in [4.78, 5) is 13.7. The van der Waals surface area contributed by atoms with E-state index in [1.807, 2.05) is 11.8 Å². The van der Waals surface area contributed by atoms with Gasteiger partial charge in [0.05, 0.1) is 19.3 Å². The predicted octanol–water partition coefficient (Wildman–Crippen LogP) is -0.158. The van der Waals surface area contributed by atoms with Crippen LogP contribution in [0.25, 0.3) is 0 Å². The van der Waals surface area contributed by atoms with Crippen LogP contribution in [0, 0.1) is 5.92 Å². The van der Waals surface area contributed by atoms with Crippen molar-refractivity contribution in [3.05, 3.63) is 0 Å². The van der Waals surface area contributed by atoms with Crippen LogP contribution in [0.2, 0.25) is 0 Å². The molecule has 2 N–H and O–H groups in total. The first-order valence-electron chi connectivity index (χ1n) is 6.30. The number of hydrogen-bond acceptors (Lipinski definition) is 4. The van der Waals surface area contributed by atoms with Crippen molar-refractivity contribution >= 4 is 5.91 Å². The van der Waals surface area contributed by atoms with Crippen LogP contribution in [0.4, 0.5) is 0 Å². The normalized spacial score (nSPS) is 19.4. The minimum Gasteiger partial charge on any atom is -0.393 e. The van der Waals surface area contributed by atoms with Gasteiger partial charge in [-0.05, 0) is 25.7 Å². The monoisotopic (exact) mass is 244 g/mol. The van der Waals surface area contributed by atoms with E-state index in [0.29, 0.717) is 25.6 Å². The summed E-state index contributed by atoms with van der Waals surface area (Å²) in [5, 5.41) is 12.5. The molecule has 1 fully saturated rings. The second-order valence-corrected chi connectivity index (χ2v) is 4.63. The number of aliphatic hydroxyl groups is 1. The number of ether oxygens (including phenoxy) is 1. The van der Waals surface area contributed by atoms with Crippen LogP contribution in [0.5, 0.6) is 0 Å². The van der Waals surface area contributed by atoms with Gasteiger partial charge in [0.15, 0.2) is 0 Å². The minimum atomic E-state index is -0.257. The minimum absolute atomic E-state index is 0.144. The summed E-state index contributed by atoms with van der Waals surface area (Å²) < 4.78 is 4.89. The van der Waals surface area contributed by atoms with Crippen LogP contribution < -0.4 is 5.32 Å². The molecule has 0 aromatic rings. The maximum atomic E-state index is 11.8. The fourth-order valence-corrected chi connectivity index (χ4v) is 2.11. The zero-order valence-corrected chi connectivity index (χ0v) is 10.8.